The van der Waals surface area contributed by atoms with E-state index in [1.807, 2.05) is 13.8 Å². The van der Waals surface area contributed by atoms with Crippen LogP contribution in [0.25, 0.3) is 0 Å². The summed E-state index contributed by atoms with van der Waals surface area (Å²) in [5.41, 5.74) is 0. The van der Waals surface area contributed by atoms with Crippen molar-refractivity contribution in [1.82, 2.24) is 0 Å². The number of esters is 1. The number of hydrogen-bond acceptors (Lipinski definition) is 5. The van der Waals surface area contributed by atoms with Crippen molar-refractivity contribution in [2.75, 3.05) is 13.2 Å². The number of carbonyl (C=O) groups excluding carboxylic acids is 1. The Hall–Kier alpha value is -1.75. The highest BCUT2D eigenvalue weighted by molar-refractivity contribution is 5.74. The Morgan fingerprint density at radius 3 is 2.74 bits per heavy atom. The van der Waals surface area contributed by atoms with Crippen LogP contribution in [0.1, 0.15) is 26.7 Å². The molecule has 5 heteroatoms. The molecule has 0 aromatic heterocycles. The number of benzene rings is 1. The zero-order valence-corrected chi connectivity index (χ0v) is 11.3. The van der Waals surface area contributed by atoms with Crippen molar-refractivity contribution in [2.45, 2.75) is 26.7 Å². The van der Waals surface area contributed by atoms with Crippen LogP contribution < -0.4 is 9.47 Å². The fourth-order valence-electron chi connectivity index (χ4n) is 1.45. The first-order valence-electron chi connectivity index (χ1n) is 6.31. The van der Waals surface area contributed by atoms with Gasteiger partial charge in [0.25, 0.3) is 0 Å². The van der Waals surface area contributed by atoms with E-state index in [0.29, 0.717) is 5.92 Å². The van der Waals surface area contributed by atoms with Crippen LogP contribution in [0.15, 0.2) is 18.2 Å². The first-order valence-corrected chi connectivity index (χ1v) is 6.31. The number of carbonyl (C=O) groups is 1. The topological polar surface area (TPSA) is 76.0 Å². The molecule has 0 aliphatic carbocycles. The fraction of sp³-hybridized carbons (Fsp3) is 0.500. The second kappa shape index (κ2) is 7.63. The number of aromatic hydroxyl groups is 1. The quantitative estimate of drug-likeness (QED) is 0.585. The molecular weight excluding hydrogens is 248 g/mol. The van der Waals surface area contributed by atoms with E-state index < -0.39 is 5.97 Å². The minimum absolute atomic E-state index is 0.00436. The van der Waals surface area contributed by atoms with Crippen LogP contribution in [0.4, 0.5) is 0 Å². The standard InChI is InChI=1S/C14H20O5/c1-10(2)6-7-13(17)19-14-11(16)4-3-5-12(14)18-9-8-15/h3-5,10,15-16H,6-9H2,1-2H3. The molecule has 0 fully saturated rings. The van der Waals surface area contributed by atoms with Crippen molar-refractivity contribution < 1.29 is 24.5 Å². The first-order chi connectivity index (χ1) is 9.04. The largest absolute Gasteiger partial charge is 0.504 e. The van der Waals surface area contributed by atoms with E-state index >= 15 is 0 Å². The predicted molar refractivity (Wildman–Crippen MR) is 70.4 cm³/mol. The Morgan fingerprint density at radius 2 is 2.11 bits per heavy atom. The van der Waals surface area contributed by atoms with E-state index in [9.17, 15) is 9.90 Å². The summed E-state index contributed by atoms with van der Waals surface area (Å²) in [5.74, 6) is 0.0797. The van der Waals surface area contributed by atoms with E-state index in [2.05, 4.69) is 0 Å². The Bertz CT molecular complexity index is 414. The number of ether oxygens (including phenoxy) is 2. The molecule has 0 aliphatic rings. The summed E-state index contributed by atoms with van der Waals surface area (Å²) < 4.78 is 10.3. The number of phenolic OH excluding ortho intramolecular Hbond substituents is 1. The highest BCUT2D eigenvalue weighted by Crippen LogP contribution is 2.36. The normalized spacial score (nSPS) is 10.5. The van der Waals surface area contributed by atoms with E-state index in [4.69, 9.17) is 14.6 Å². The third-order valence-electron chi connectivity index (χ3n) is 2.45. The third kappa shape index (κ3) is 5.18. The minimum atomic E-state index is -0.413. The van der Waals surface area contributed by atoms with Gasteiger partial charge >= 0.3 is 5.97 Å². The van der Waals surface area contributed by atoms with Crippen molar-refractivity contribution in [3.05, 3.63) is 18.2 Å². The van der Waals surface area contributed by atoms with Crippen molar-refractivity contribution in [1.29, 1.82) is 0 Å². The lowest BCUT2D eigenvalue weighted by atomic mass is 10.1. The molecule has 0 radical (unpaired) electrons. The summed E-state index contributed by atoms with van der Waals surface area (Å²) >= 11 is 0. The maximum atomic E-state index is 11.7. The fourth-order valence-corrected chi connectivity index (χ4v) is 1.45. The van der Waals surface area contributed by atoms with Crippen molar-refractivity contribution in [3.63, 3.8) is 0 Å². The molecule has 0 unspecified atom stereocenters. The molecule has 2 N–H and O–H groups in total. The van der Waals surface area contributed by atoms with Gasteiger partial charge in [0.05, 0.1) is 6.61 Å². The number of aliphatic hydroxyl groups is 1. The van der Waals surface area contributed by atoms with Crippen LogP contribution in [-0.4, -0.2) is 29.4 Å². The molecule has 0 aliphatic heterocycles. The van der Waals surface area contributed by atoms with Gasteiger partial charge in [-0.3, -0.25) is 4.79 Å². The maximum Gasteiger partial charge on any atom is 0.311 e. The van der Waals surface area contributed by atoms with Gasteiger partial charge in [0, 0.05) is 6.42 Å². The van der Waals surface area contributed by atoms with Crippen LogP contribution in [0.5, 0.6) is 17.2 Å². The van der Waals surface area contributed by atoms with E-state index in [1.165, 1.54) is 6.07 Å². The maximum absolute atomic E-state index is 11.7. The number of para-hydroxylation sites is 1. The van der Waals surface area contributed by atoms with E-state index in [0.717, 1.165) is 6.42 Å². The van der Waals surface area contributed by atoms with Gasteiger partial charge in [-0.05, 0) is 24.5 Å². The van der Waals surface area contributed by atoms with Gasteiger partial charge in [-0.1, -0.05) is 19.9 Å². The smallest absolute Gasteiger partial charge is 0.311 e. The summed E-state index contributed by atoms with van der Waals surface area (Å²) in [5, 5.41) is 18.4. The molecule has 1 rings (SSSR count). The van der Waals surface area contributed by atoms with Crippen LogP contribution in [0, 0.1) is 5.92 Å². The number of phenols is 1. The Morgan fingerprint density at radius 1 is 1.37 bits per heavy atom. The molecule has 0 atom stereocenters. The zero-order valence-electron chi connectivity index (χ0n) is 11.3. The van der Waals surface area contributed by atoms with Crippen molar-refractivity contribution >= 4 is 5.97 Å². The van der Waals surface area contributed by atoms with Crippen LogP contribution >= 0.6 is 0 Å². The van der Waals surface area contributed by atoms with E-state index in [-0.39, 0.29) is 36.9 Å². The van der Waals surface area contributed by atoms with Gasteiger partial charge in [0.2, 0.25) is 5.75 Å². The zero-order chi connectivity index (χ0) is 14.3. The number of hydrogen-bond donors (Lipinski definition) is 2. The lowest BCUT2D eigenvalue weighted by Crippen LogP contribution is -2.11. The Balaban J connectivity index is 2.72. The summed E-state index contributed by atoms with van der Waals surface area (Å²) in [6, 6.07) is 4.56. The van der Waals surface area contributed by atoms with Gasteiger partial charge in [-0.25, -0.2) is 0 Å². The average molecular weight is 268 g/mol. The third-order valence-corrected chi connectivity index (χ3v) is 2.45. The summed E-state index contributed by atoms with van der Waals surface area (Å²) in [6.07, 6.45) is 1.00. The van der Waals surface area contributed by atoms with Gasteiger partial charge in [0.1, 0.15) is 6.61 Å². The first kappa shape index (κ1) is 15.3. The van der Waals surface area contributed by atoms with Gasteiger partial charge in [0.15, 0.2) is 11.5 Å². The average Bonchev–Trinajstić information content (AvgIpc) is 2.37. The van der Waals surface area contributed by atoms with Gasteiger partial charge in [-0.2, -0.15) is 0 Å². The number of aliphatic hydroxyl groups excluding tert-OH is 1. The second-order valence-corrected chi connectivity index (χ2v) is 4.58. The Kier molecular flexibility index (Phi) is 6.15. The lowest BCUT2D eigenvalue weighted by molar-refractivity contribution is -0.134. The molecule has 1 aromatic rings. The molecule has 0 heterocycles. The molecule has 0 spiro atoms. The van der Waals surface area contributed by atoms with Crippen molar-refractivity contribution in [3.8, 4) is 17.2 Å². The van der Waals surface area contributed by atoms with Gasteiger partial charge < -0.3 is 19.7 Å². The van der Waals surface area contributed by atoms with Crippen LogP contribution in [-0.2, 0) is 4.79 Å². The minimum Gasteiger partial charge on any atom is -0.504 e. The number of rotatable bonds is 7. The molecule has 106 valence electrons. The molecule has 19 heavy (non-hydrogen) atoms. The summed E-state index contributed by atoms with van der Waals surface area (Å²) in [6.45, 7) is 3.95. The van der Waals surface area contributed by atoms with E-state index in [1.54, 1.807) is 12.1 Å². The molecule has 5 nitrogen and oxygen atoms in total. The molecule has 0 saturated carbocycles. The SMILES string of the molecule is CC(C)CCC(=O)Oc1c(O)cccc1OCCO. The predicted octanol–water partition coefficient (Wildman–Crippen LogP) is 2.10. The van der Waals surface area contributed by atoms with Crippen molar-refractivity contribution in [2.24, 2.45) is 5.92 Å². The lowest BCUT2D eigenvalue weighted by Gasteiger charge is -2.12. The molecule has 0 saturated heterocycles. The molecule has 1 aromatic carbocycles. The highest BCUT2D eigenvalue weighted by Gasteiger charge is 2.15. The summed E-state index contributed by atoms with van der Waals surface area (Å²) in [4.78, 5) is 11.7. The molecule has 0 amide bonds. The molecule has 0 bridgehead atoms. The monoisotopic (exact) mass is 268 g/mol. The summed E-state index contributed by atoms with van der Waals surface area (Å²) in [7, 11) is 0. The van der Waals surface area contributed by atoms with Gasteiger partial charge in [-0.15, -0.1) is 0 Å². The van der Waals surface area contributed by atoms with Crippen LogP contribution in [0.3, 0.4) is 0 Å². The molecular formula is C14H20O5. The second-order valence-electron chi connectivity index (χ2n) is 4.58. The van der Waals surface area contributed by atoms with Crippen LogP contribution in [0.2, 0.25) is 0 Å². The Labute approximate surface area is 112 Å². The highest BCUT2D eigenvalue weighted by atomic mass is 16.6.